The zero-order valence-electron chi connectivity index (χ0n) is 11.8. The average Bonchev–Trinajstić information content (AvgIpc) is 3.06. The number of halogens is 1. The number of para-hydroxylation sites is 1. The molecule has 2 aliphatic rings. The first-order chi connectivity index (χ1) is 10.1. The molecule has 112 valence electrons. The Morgan fingerprint density at radius 3 is 2.90 bits per heavy atom. The molecular formula is C17H19FO3. The van der Waals surface area contributed by atoms with Gasteiger partial charge in [0.2, 0.25) is 0 Å². The van der Waals surface area contributed by atoms with Crippen molar-refractivity contribution in [2.75, 3.05) is 6.61 Å². The highest BCUT2D eigenvalue weighted by Gasteiger charge is 2.39. The number of fused-ring (bicyclic) bond motifs is 2. The summed E-state index contributed by atoms with van der Waals surface area (Å²) in [5, 5.41) is 8.69. The molecule has 0 aliphatic heterocycles. The highest BCUT2D eigenvalue weighted by atomic mass is 19.1. The Balaban J connectivity index is 1.70. The summed E-state index contributed by atoms with van der Waals surface area (Å²) in [6, 6.07) is 4.56. The molecule has 1 aromatic rings. The van der Waals surface area contributed by atoms with E-state index in [4.69, 9.17) is 9.84 Å². The molecule has 21 heavy (non-hydrogen) atoms. The summed E-state index contributed by atoms with van der Waals surface area (Å²) in [7, 11) is 0. The predicted molar refractivity (Wildman–Crippen MR) is 77.5 cm³/mol. The van der Waals surface area contributed by atoms with Crippen molar-refractivity contribution in [3.05, 3.63) is 35.7 Å². The van der Waals surface area contributed by atoms with Gasteiger partial charge in [-0.3, -0.25) is 0 Å². The largest absolute Gasteiger partial charge is 0.490 e. The van der Waals surface area contributed by atoms with Gasteiger partial charge in [-0.05, 0) is 49.2 Å². The molecule has 4 heteroatoms. The van der Waals surface area contributed by atoms with E-state index >= 15 is 0 Å². The Hall–Kier alpha value is -1.84. The fraction of sp³-hybridized carbons (Fsp3) is 0.471. The van der Waals surface area contributed by atoms with E-state index in [0.717, 1.165) is 17.9 Å². The lowest BCUT2D eigenvalue weighted by Crippen LogP contribution is -2.19. The van der Waals surface area contributed by atoms with Crippen LogP contribution < -0.4 is 4.74 Å². The van der Waals surface area contributed by atoms with Crippen LogP contribution in [0.3, 0.4) is 0 Å². The SMILES string of the molecule is O=C(O)/C=C/c1cccc(F)c1OCC1CC2CCC1C2. The number of carbonyl (C=O) groups is 1. The topological polar surface area (TPSA) is 46.5 Å². The number of carboxylic acids is 1. The van der Waals surface area contributed by atoms with Crippen LogP contribution in [0.15, 0.2) is 24.3 Å². The van der Waals surface area contributed by atoms with E-state index in [1.807, 2.05) is 0 Å². The summed E-state index contributed by atoms with van der Waals surface area (Å²) in [6.45, 7) is 0.524. The maximum Gasteiger partial charge on any atom is 0.328 e. The van der Waals surface area contributed by atoms with E-state index in [-0.39, 0.29) is 5.75 Å². The lowest BCUT2D eigenvalue weighted by molar-refractivity contribution is -0.131. The normalized spacial score (nSPS) is 27.4. The molecule has 2 fully saturated rings. The molecule has 0 aromatic heterocycles. The van der Waals surface area contributed by atoms with Gasteiger partial charge in [-0.2, -0.15) is 0 Å². The van der Waals surface area contributed by atoms with Crippen molar-refractivity contribution < 1.29 is 19.0 Å². The van der Waals surface area contributed by atoms with E-state index in [0.29, 0.717) is 18.1 Å². The molecule has 2 saturated carbocycles. The van der Waals surface area contributed by atoms with Crippen LogP contribution in [-0.2, 0) is 4.79 Å². The van der Waals surface area contributed by atoms with Crippen LogP contribution in [0.1, 0.15) is 31.2 Å². The molecule has 0 saturated heterocycles. The van der Waals surface area contributed by atoms with Crippen molar-refractivity contribution in [2.24, 2.45) is 17.8 Å². The summed E-state index contributed by atoms with van der Waals surface area (Å²) in [5.74, 6) is 0.733. The Morgan fingerprint density at radius 1 is 1.38 bits per heavy atom. The minimum atomic E-state index is -1.06. The van der Waals surface area contributed by atoms with Crippen molar-refractivity contribution in [3.63, 3.8) is 0 Å². The van der Waals surface area contributed by atoms with Crippen LogP contribution in [0.4, 0.5) is 4.39 Å². The third-order valence-electron chi connectivity index (χ3n) is 4.73. The molecule has 3 atom stereocenters. The summed E-state index contributed by atoms with van der Waals surface area (Å²) in [5.41, 5.74) is 0.473. The zero-order chi connectivity index (χ0) is 14.8. The highest BCUT2D eigenvalue weighted by molar-refractivity contribution is 5.85. The summed E-state index contributed by atoms with van der Waals surface area (Å²) >= 11 is 0. The minimum absolute atomic E-state index is 0.165. The summed E-state index contributed by atoms with van der Waals surface area (Å²) < 4.78 is 19.6. The second kappa shape index (κ2) is 5.88. The Labute approximate surface area is 123 Å². The van der Waals surface area contributed by atoms with Gasteiger partial charge >= 0.3 is 5.97 Å². The quantitative estimate of drug-likeness (QED) is 0.840. The molecule has 0 spiro atoms. The maximum absolute atomic E-state index is 13.9. The van der Waals surface area contributed by atoms with Gasteiger partial charge in [-0.25, -0.2) is 9.18 Å². The van der Waals surface area contributed by atoms with Gasteiger partial charge < -0.3 is 9.84 Å². The molecule has 3 rings (SSSR count). The molecular weight excluding hydrogens is 271 g/mol. The fourth-order valence-electron chi connectivity index (χ4n) is 3.74. The van der Waals surface area contributed by atoms with E-state index in [1.54, 1.807) is 12.1 Å². The molecule has 2 bridgehead atoms. The smallest absolute Gasteiger partial charge is 0.328 e. The standard InChI is InChI=1S/C17H19FO3/c18-15-3-1-2-12(6-7-16(19)20)17(15)21-10-14-9-11-4-5-13(14)8-11/h1-3,6-7,11,13-14H,4-5,8-10H2,(H,19,20)/b7-6+. The maximum atomic E-state index is 13.9. The second-order valence-corrected chi connectivity index (χ2v) is 6.08. The Bertz CT molecular complexity index is 567. The van der Waals surface area contributed by atoms with Crippen LogP contribution in [0, 0.1) is 23.6 Å². The minimum Gasteiger partial charge on any atom is -0.490 e. The molecule has 1 N–H and O–H groups in total. The van der Waals surface area contributed by atoms with Gasteiger partial charge in [0.25, 0.3) is 0 Å². The fourth-order valence-corrected chi connectivity index (χ4v) is 3.74. The number of hydrogen-bond donors (Lipinski definition) is 1. The molecule has 1 aromatic carbocycles. The molecule has 3 nitrogen and oxygen atoms in total. The monoisotopic (exact) mass is 290 g/mol. The van der Waals surface area contributed by atoms with Crippen molar-refractivity contribution in [3.8, 4) is 5.75 Å². The van der Waals surface area contributed by atoms with Crippen molar-refractivity contribution in [1.29, 1.82) is 0 Å². The van der Waals surface area contributed by atoms with Gasteiger partial charge in [0.05, 0.1) is 6.61 Å². The number of aliphatic carboxylic acids is 1. The van der Waals surface area contributed by atoms with E-state index in [1.165, 1.54) is 37.8 Å². The van der Waals surface area contributed by atoms with E-state index in [2.05, 4.69) is 0 Å². The van der Waals surface area contributed by atoms with Crippen LogP contribution in [-0.4, -0.2) is 17.7 Å². The predicted octanol–water partition coefficient (Wildman–Crippen LogP) is 3.74. The molecule has 2 aliphatic carbocycles. The second-order valence-electron chi connectivity index (χ2n) is 6.08. The number of carboxylic acid groups (broad SMARTS) is 1. The van der Waals surface area contributed by atoms with Crippen molar-refractivity contribution in [1.82, 2.24) is 0 Å². The first-order valence-electron chi connectivity index (χ1n) is 7.46. The molecule has 3 unspecified atom stereocenters. The Morgan fingerprint density at radius 2 is 2.24 bits per heavy atom. The van der Waals surface area contributed by atoms with Gasteiger partial charge in [-0.1, -0.05) is 18.6 Å². The summed E-state index contributed by atoms with van der Waals surface area (Å²) in [6.07, 6.45) is 7.44. The zero-order valence-corrected chi connectivity index (χ0v) is 11.8. The van der Waals surface area contributed by atoms with Gasteiger partial charge in [0.15, 0.2) is 11.6 Å². The van der Waals surface area contributed by atoms with Crippen LogP contribution in [0.25, 0.3) is 6.08 Å². The van der Waals surface area contributed by atoms with E-state index < -0.39 is 11.8 Å². The third-order valence-corrected chi connectivity index (χ3v) is 4.73. The molecule has 0 heterocycles. The summed E-state index contributed by atoms with van der Waals surface area (Å²) in [4.78, 5) is 10.6. The lowest BCUT2D eigenvalue weighted by Gasteiger charge is -2.22. The first-order valence-corrected chi connectivity index (χ1v) is 7.46. The van der Waals surface area contributed by atoms with Gasteiger partial charge in [0, 0.05) is 11.6 Å². The average molecular weight is 290 g/mol. The van der Waals surface area contributed by atoms with Gasteiger partial charge in [-0.15, -0.1) is 0 Å². The van der Waals surface area contributed by atoms with Crippen LogP contribution in [0.5, 0.6) is 5.75 Å². The molecule has 0 radical (unpaired) electrons. The van der Waals surface area contributed by atoms with Crippen LogP contribution in [0.2, 0.25) is 0 Å². The first kappa shape index (κ1) is 14.1. The lowest BCUT2D eigenvalue weighted by atomic mass is 9.89. The third kappa shape index (κ3) is 3.09. The number of benzene rings is 1. The van der Waals surface area contributed by atoms with Crippen LogP contribution >= 0.6 is 0 Å². The van der Waals surface area contributed by atoms with E-state index in [9.17, 15) is 9.18 Å². The number of hydrogen-bond acceptors (Lipinski definition) is 2. The van der Waals surface area contributed by atoms with Crippen molar-refractivity contribution in [2.45, 2.75) is 25.7 Å². The van der Waals surface area contributed by atoms with Crippen molar-refractivity contribution >= 4 is 12.0 Å². The molecule has 0 amide bonds. The Kier molecular flexibility index (Phi) is 3.95. The highest BCUT2D eigenvalue weighted by Crippen LogP contribution is 2.48. The number of ether oxygens (including phenoxy) is 1. The van der Waals surface area contributed by atoms with Gasteiger partial charge in [0.1, 0.15) is 0 Å². The number of rotatable bonds is 5.